The van der Waals surface area contributed by atoms with E-state index in [1.54, 1.807) is 6.08 Å². The fourth-order valence-electron chi connectivity index (χ4n) is 4.44. The number of carboxylic acids is 1. The van der Waals surface area contributed by atoms with Crippen LogP contribution in [0, 0.1) is 11.8 Å². The molecule has 3 rings (SSSR count). The van der Waals surface area contributed by atoms with E-state index < -0.39 is 18.2 Å². The molecule has 0 spiro atoms. The van der Waals surface area contributed by atoms with Crippen LogP contribution in [0.4, 0.5) is 0 Å². The smallest absolute Gasteiger partial charge is 0.303 e. The summed E-state index contributed by atoms with van der Waals surface area (Å²) in [5.74, 6) is 0.119. The Morgan fingerprint density at radius 3 is 2.81 bits per heavy atom. The highest BCUT2D eigenvalue weighted by molar-refractivity contribution is 5.66. The van der Waals surface area contributed by atoms with Crippen molar-refractivity contribution in [1.82, 2.24) is 0 Å². The second-order valence-corrected chi connectivity index (χ2v) is 8.52. The molecule has 3 N–H and O–H groups in total. The van der Waals surface area contributed by atoms with Gasteiger partial charge in [-0.05, 0) is 49.3 Å². The minimum absolute atomic E-state index is 0.0168. The summed E-state index contributed by atoms with van der Waals surface area (Å²) in [5, 5.41) is 29.5. The maximum Gasteiger partial charge on any atom is 0.303 e. The third-order valence-corrected chi connectivity index (χ3v) is 6.16. The summed E-state index contributed by atoms with van der Waals surface area (Å²) in [5.41, 5.74) is 1.26. The average Bonchev–Trinajstić information content (AvgIpc) is 2.92. The van der Waals surface area contributed by atoms with Crippen LogP contribution in [-0.4, -0.2) is 52.8 Å². The van der Waals surface area contributed by atoms with Crippen molar-refractivity contribution in [2.75, 3.05) is 13.2 Å². The molecule has 1 aromatic rings. The van der Waals surface area contributed by atoms with Gasteiger partial charge in [-0.3, -0.25) is 4.79 Å². The first-order chi connectivity index (χ1) is 15.0. The van der Waals surface area contributed by atoms with Crippen molar-refractivity contribution >= 4 is 5.97 Å². The third kappa shape index (κ3) is 7.49. The highest BCUT2D eigenvalue weighted by Crippen LogP contribution is 2.40. The maximum absolute atomic E-state index is 10.6. The number of fused-ring (bicyclic) bond motifs is 1. The van der Waals surface area contributed by atoms with Crippen LogP contribution in [0.15, 0.2) is 54.1 Å². The van der Waals surface area contributed by atoms with Crippen molar-refractivity contribution in [2.45, 2.75) is 63.3 Å². The molecular weight excluding hydrogens is 396 g/mol. The van der Waals surface area contributed by atoms with Crippen LogP contribution in [0.25, 0.3) is 0 Å². The van der Waals surface area contributed by atoms with E-state index in [2.05, 4.69) is 6.08 Å². The lowest BCUT2D eigenvalue weighted by Gasteiger charge is -2.20. The molecule has 1 heterocycles. The number of para-hydroxylation sites is 1. The summed E-state index contributed by atoms with van der Waals surface area (Å²) >= 11 is 0. The van der Waals surface area contributed by atoms with Crippen molar-refractivity contribution in [3.63, 3.8) is 0 Å². The van der Waals surface area contributed by atoms with E-state index in [1.807, 2.05) is 36.4 Å². The van der Waals surface area contributed by atoms with Crippen molar-refractivity contribution in [3.8, 4) is 5.75 Å². The van der Waals surface area contributed by atoms with E-state index in [0.29, 0.717) is 25.2 Å². The fourth-order valence-corrected chi connectivity index (χ4v) is 4.44. The number of aliphatic carboxylic acids is 1. The number of ether oxygens (including phenoxy) is 2. The van der Waals surface area contributed by atoms with Crippen LogP contribution >= 0.6 is 0 Å². The van der Waals surface area contributed by atoms with Crippen molar-refractivity contribution in [3.05, 3.63) is 54.1 Å². The minimum Gasteiger partial charge on any atom is -0.491 e. The largest absolute Gasteiger partial charge is 0.491 e. The Kier molecular flexibility index (Phi) is 9.13. The molecule has 0 bridgehead atoms. The van der Waals surface area contributed by atoms with Gasteiger partial charge in [0.05, 0.1) is 18.8 Å². The molecule has 0 saturated heterocycles. The maximum atomic E-state index is 10.6. The first-order valence-corrected chi connectivity index (χ1v) is 11.3. The van der Waals surface area contributed by atoms with Gasteiger partial charge < -0.3 is 24.8 Å². The molecule has 1 aliphatic heterocycles. The molecule has 6 heteroatoms. The number of hydrogen-bond donors (Lipinski definition) is 3. The SMILES string of the molecule is O=C(O)CCCCCC1=CC[C@@H]2[C@@H](C=CC(O)COc3ccccc3)[C@H](O)C[C@@H]2OC1. The number of aliphatic hydroxyl groups excluding tert-OH is 2. The quantitative estimate of drug-likeness (QED) is 0.366. The first kappa shape index (κ1) is 23.5. The van der Waals surface area contributed by atoms with Gasteiger partial charge in [0.1, 0.15) is 18.5 Å². The molecule has 1 aliphatic carbocycles. The summed E-state index contributed by atoms with van der Waals surface area (Å²) in [6.45, 7) is 0.747. The van der Waals surface area contributed by atoms with Crippen LogP contribution in [0.5, 0.6) is 5.75 Å². The van der Waals surface area contributed by atoms with Gasteiger partial charge in [-0.15, -0.1) is 0 Å². The number of hydrogen-bond acceptors (Lipinski definition) is 5. The highest BCUT2D eigenvalue weighted by atomic mass is 16.5. The van der Waals surface area contributed by atoms with Crippen LogP contribution in [-0.2, 0) is 9.53 Å². The van der Waals surface area contributed by atoms with Crippen LogP contribution in [0.1, 0.15) is 44.9 Å². The summed E-state index contributed by atoms with van der Waals surface area (Å²) in [7, 11) is 0. The van der Waals surface area contributed by atoms with Crippen molar-refractivity contribution in [1.29, 1.82) is 0 Å². The molecule has 1 fully saturated rings. The number of carbonyl (C=O) groups is 1. The predicted molar refractivity (Wildman–Crippen MR) is 118 cm³/mol. The highest BCUT2D eigenvalue weighted by Gasteiger charge is 2.42. The zero-order valence-corrected chi connectivity index (χ0v) is 17.9. The number of aliphatic hydroxyl groups is 2. The van der Waals surface area contributed by atoms with Gasteiger partial charge in [0.15, 0.2) is 0 Å². The normalized spacial score (nSPS) is 26.8. The molecule has 170 valence electrons. The van der Waals surface area contributed by atoms with Gasteiger partial charge in [0, 0.05) is 18.8 Å². The van der Waals surface area contributed by atoms with Crippen LogP contribution in [0.2, 0.25) is 0 Å². The molecule has 1 aromatic carbocycles. The van der Waals surface area contributed by atoms with Gasteiger partial charge in [-0.1, -0.05) is 42.8 Å². The number of rotatable bonds is 11. The van der Waals surface area contributed by atoms with Crippen molar-refractivity contribution < 1.29 is 29.6 Å². The molecule has 2 aliphatic rings. The van der Waals surface area contributed by atoms with E-state index in [0.717, 1.165) is 25.7 Å². The van der Waals surface area contributed by atoms with E-state index in [9.17, 15) is 15.0 Å². The van der Waals surface area contributed by atoms with Gasteiger partial charge >= 0.3 is 5.97 Å². The second-order valence-electron chi connectivity index (χ2n) is 8.52. The topological polar surface area (TPSA) is 96.2 Å². The van der Waals surface area contributed by atoms with Crippen LogP contribution < -0.4 is 4.74 Å². The van der Waals surface area contributed by atoms with E-state index >= 15 is 0 Å². The Bertz CT molecular complexity index is 744. The van der Waals surface area contributed by atoms with Crippen LogP contribution in [0.3, 0.4) is 0 Å². The molecule has 0 amide bonds. The molecular formula is C25H34O6. The standard InChI is InChI=1S/C25H34O6/c26-19(17-30-20-8-4-2-5-9-20)12-14-21-22-13-11-18(7-3-1-6-10-25(28)29)16-31-24(22)15-23(21)27/h2,4-5,8-9,11-12,14,19,21-24,26-27H,1,3,6-7,10,13,15-17H2,(H,28,29)/t19?,21-,22-,23-,24+/m1/s1. The molecule has 1 saturated carbocycles. The zero-order valence-electron chi connectivity index (χ0n) is 17.9. The Labute approximate surface area is 184 Å². The third-order valence-electron chi connectivity index (χ3n) is 6.16. The number of unbranched alkanes of at least 4 members (excludes halogenated alkanes) is 2. The lowest BCUT2D eigenvalue weighted by molar-refractivity contribution is -0.137. The summed E-state index contributed by atoms with van der Waals surface area (Å²) in [4.78, 5) is 10.6. The summed E-state index contributed by atoms with van der Waals surface area (Å²) in [6.07, 6.45) is 9.87. The number of carboxylic acid groups (broad SMARTS) is 1. The lowest BCUT2D eigenvalue weighted by atomic mass is 9.89. The zero-order chi connectivity index (χ0) is 22.1. The van der Waals surface area contributed by atoms with Gasteiger partial charge in [-0.2, -0.15) is 0 Å². The summed E-state index contributed by atoms with van der Waals surface area (Å²) < 4.78 is 11.7. The molecule has 31 heavy (non-hydrogen) atoms. The fraction of sp³-hybridized carbons (Fsp3) is 0.560. The van der Waals surface area contributed by atoms with Gasteiger partial charge in [0.25, 0.3) is 0 Å². The van der Waals surface area contributed by atoms with Crippen molar-refractivity contribution in [2.24, 2.45) is 11.8 Å². The van der Waals surface area contributed by atoms with Gasteiger partial charge in [0.2, 0.25) is 0 Å². The predicted octanol–water partition coefficient (Wildman–Crippen LogP) is 3.73. The second kappa shape index (κ2) is 12.0. The number of benzene rings is 1. The van der Waals surface area contributed by atoms with E-state index in [1.165, 1.54) is 5.57 Å². The van der Waals surface area contributed by atoms with E-state index in [4.69, 9.17) is 14.6 Å². The molecule has 5 atom stereocenters. The average molecular weight is 431 g/mol. The number of allylic oxidation sites excluding steroid dienone is 1. The summed E-state index contributed by atoms with van der Waals surface area (Å²) in [6, 6.07) is 9.38. The first-order valence-electron chi connectivity index (χ1n) is 11.3. The Hall–Kier alpha value is -2.15. The monoisotopic (exact) mass is 430 g/mol. The minimum atomic E-state index is -0.741. The van der Waals surface area contributed by atoms with Gasteiger partial charge in [-0.25, -0.2) is 0 Å². The Morgan fingerprint density at radius 1 is 1.23 bits per heavy atom. The molecule has 0 aromatic heterocycles. The molecule has 6 nitrogen and oxygen atoms in total. The van der Waals surface area contributed by atoms with E-state index in [-0.39, 0.29) is 31.0 Å². The molecule has 0 radical (unpaired) electrons. The Balaban J connectivity index is 1.47. The molecule has 1 unspecified atom stereocenters. The lowest BCUT2D eigenvalue weighted by Crippen LogP contribution is -2.22. The Morgan fingerprint density at radius 2 is 2.03 bits per heavy atom.